The van der Waals surface area contributed by atoms with E-state index in [1.54, 1.807) is 13.1 Å². The highest BCUT2D eigenvalue weighted by molar-refractivity contribution is 6.01. The van der Waals surface area contributed by atoms with Crippen LogP contribution < -0.4 is 14.8 Å². The second-order valence-corrected chi connectivity index (χ2v) is 3.75. The first-order valence-corrected chi connectivity index (χ1v) is 5.42. The van der Waals surface area contributed by atoms with Gasteiger partial charge in [-0.2, -0.15) is 0 Å². The Morgan fingerprint density at radius 2 is 2.18 bits per heavy atom. The van der Waals surface area contributed by atoms with Gasteiger partial charge < -0.3 is 14.8 Å². The second-order valence-electron chi connectivity index (χ2n) is 3.75. The topological polar surface area (TPSA) is 47.6 Å². The molecule has 0 unspecified atom stereocenters. The lowest BCUT2D eigenvalue weighted by Gasteiger charge is -2.21. The van der Waals surface area contributed by atoms with Crippen molar-refractivity contribution < 1.29 is 18.7 Å². The van der Waals surface area contributed by atoms with Crippen LogP contribution in [0, 0.1) is 0 Å². The van der Waals surface area contributed by atoms with E-state index >= 15 is 0 Å². The van der Waals surface area contributed by atoms with E-state index in [2.05, 4.69) is 5.32 Å². The van der Waals surface area contributed by atoms with Crippen molar-refractivity contribution in [3.8, 4) is 11.5 Å². The van der Waals surface area contributed by atoms with Gasteiger partial charge in [-0.3, -0.25) is 4.79 Å². The van der Waals surface area contributed by atoms with E-state index < -0.39 is 6.67 Å². The van der Waals surface area contributed by atoms with E-state index in [4.69, 9.17) is 9.47 Å². The van der Waals surface area contributed by atoms with E-state index in [1.165, 1.54) is 6.07 Å². The van der Waals surface area contributed by atoms with Gasteiger partial charge in [0.25, 0.3) is 0 Å². The number of hydrogen-bond donors (Lipinski definition) is 1. The Morgan fingerprint density at radius 1 is 1.41 bits per heavy atom. The first-order chi connectivity index (χ1) is 8.26. The number of ketones is 1. The molecule has 0 aromatic heterocycles. The highest BCUT2D eigenvalue weighted by atomic mass is 19.1. The molecule has 4 nitrogen and oxygen atoms in total. The molecular formula is C12H14FNO3. The van der Waals surface area contributed by atoms with Gasteiger partial charge in [0, 0.05) is 0 Å². The van der Waals surface area contributed by atoms with Gasteiger partial charge in [0.05, 0.1) is 12.1 Å². The molecule has 92 valence electrons. The molecule has 0 atom stereocenters. The molecule has 17 heavy (non-hydrogen) atoms. The van der Waals surface area contributed by atoms with Gasteiger partial charge in [0.2, 0.25) is 0 Å². The number of fused-ring (bicyclic) bond motifs is 1. The van der Waals surface area contributed by atoms with Crippen molar-refractivity contribution >= 4 is 5.78 Å². The molecule has 0 bridgehead atoms. The summed E-state index contributed by atoms with van der Waals surface area (Å²) in [5.74, 6) is 0.740. The largest absolute Gasteiger partial charge is 0.486 e. The van der Waals surface area contributed by atoms with Crippen molar-refractivity contribution in [2.24, 2.45) is 0 Å². The lowest BCUT2D eigenvalue weighted by Crippen LogP contribution is -2.22. The Balaban J connectivity index is 2.44. The fourth-order valence-corrected chi connectivity index (χ4v) is 1.75. The average molecular weight is 239 g/mol. The Hall–Kier alpha value is -1.62. The maximum atomic E-state index is 12.7. The molecule has 0 aliphatic carbocycles. The van der Waals surface area contributed by atoms with Gasteiger partial charge in [0.1, 0.15) is 19.9 Å². The van der Waals surface area contributed by atoms with Crippen LogP contribution in [0.3, 0.4) is 0 Å². The summed E-state index contributed by atoms with van der Waals surface area (Å²) in [5.41, 5.74) is 0.804. The summed E-state index contributed by atoms with van der Waals surface area (Å²) >= 11 is 0. The highest BCUT2D eigenvalue weighted by Crippen LogP contribution is 2.35. The summed E-state index contributed by atoms with van der Waals surface area (Å²) in [6.07, 6.45) is 0. The fraction of sp³-hybridized carbons (Fsp3) is 0.417. The van der Waals surface area contributed by atoms with E-state index in [0.717, 1.165) is 0 Å². The van der Waals surface area contributed by atoms with Crippen LogP contribution in [0.25, 0.3) is 0 Å². The van der Waals surface area contributed by atoms with Crippen LogP contribution in [0.15, 0.2) is 12.1 Å². The zero-order valence-electron chi connectivity index (χ0n) is 9.59. The van der Waals surface area contributed by atoms with Crippen LogP contribution >= 0.6 is 0 Å². The van der Waals surface area contributed by atoms with Gasteiger partial charge in [-0.05, 0) is 24.7 Å². The minimum Gasteiger partial charge on any atom is -0.486 e. The average Bonchev–Trinajstić information content (AvgIpc) is 2.37. The Bertz CT molecular complexity index is 434. The smallest absolute Gasteiger partial charge is 0.180 e. The molecule has 1 aromatic carbocycles. The molecule has 1 heterocycles. The molecule has 1 aliphatic heterocycles. The molecular weight excluding hydrogens is 225 g/mol. The van der Waals surface area contributed by atoms with Crippen LogP contribution in [0.1, 0.15) is 15.9 Å². The maximum Gasteiger partial charge on any atom is 0.180 e. The van der Waals surface area contributed by atoms with Gasteiger partial charge in [-0.1, -0.05) is 0 Å². The summed E-state index contributed by atoms with van der Waals surface area (Å²) in [6.45, 7) is 0.381. The highest BCUT2D eigenvalue weighted by Gasteiger charge is 2.21. The predicted molar refractivity (Wildman–Crippen MR) is 60.5 cm³/mol. The quantitative estimate of drug-likeness (QED) is 0.805. The molecule has 0 radical (unpaired) electrons. The summed E-state index contributed by atoms with van der Waals surface area (Å²) in [5, 5.41) is 2.77. The van der Waals surface area contributed by atoms with Crippen LogP contribution in [0.5, 0.6) is 11.5 Å². The van der Waals surface area contributed by atoms with Gasteiger partial charge in [0.15, 0.2) is 17.3 Å². The molecule has 1 aromatic rings. The number of rotatable bonds is 4. The number of carbonyl (C=O) groups is 1. The second kappa shape index (κ2) is 5.14. The molecule has 2 rings (SSSR count). The number of ether oxygens (including phenoxy) is 2. The number of Topliss-reactive ketones (excluding diaryl/α,β-unsaturated/α-hetero) is 1. The lowest BCUT2D eigenvalue weighted by atomic mass is 10.0. The molecule has 0 fully saturated rings. The number of alkyl halides is 1. The van der Waals surface area contributed by atoms with Gasteiger partial charge in [-0.15, -0.1) is 0 Å². The number of benzene rings is 1. The molecule has 0 saturated heterocycles. The third kappa shape index (κ3) is 2.39. The monoisotopic (exact) mass is 239 g/mol. The molecule has 1 N–H and O–H groups in total. The predicted octanol–water partition coefficient (Wildman–Crippen LogP) is 1.33. The van der Waals surface area contributed by atoms with Crippen LogP contribution in [-0.4, -0.2) is 32.6 Å². The summed E-state index contributed by atoms with van der Waals surface area (Å²) in [4.78, 5) is 11.9. The van der Waals surface area contributed by atoms with Crippen molar-refractivity contribution in [2.45, 2.75) is 6.67 Å². The fourth-order valence-electron chi connectivity index (χ4n) is 1.75. The summed E-state index contributed by atoms with van der Waals surface area (Å²) in [7, 11) is 1.68. The summed E-state index contributed by atoms with van der Waals surface area (Å²) < 4.78 is 23.5. The normalized spacial score (nSPS) is 13.5. The molecule has 0 amide bonds. The van der Waals surface area contributed by atoms with E-state index in [9.17, 15) is 9.18 Å². The van der Waals surface area contributed by atoms with Crippen molar-refractivity contribution in [3.63, 3.8) is 0 Å². The zero-order chi connectivity index (χ0) is 12.3. The van der Waals surface area contributed by atoms with Crippen molar-refractivity contribution in [3.05, 3.63) is 23.3 Å². The molecule has 0 spiro atoms. The number of likely N-dealkylation sites (N-methyl/N-ethyl adjacent to an activating group) is 1. The third-order valence-corrected chi connectivity index (χ3v) is 2.49. The minimum absolute atomic E-state index is 0.135. The standard InChI is InChI=1S/C12H14FNO3/c1-14-7-10(15)9-4-8(6-13)5-11-12(9)17-3-2-16-11/h4-5,14H,2-3,6-7H2,1H3. The number of hydrogen-bond acceptors (Lipinski definition) is 4. The number of halogens is 1. The molecule has 5 heteroatoms. The maximum absolute atomic E-state index is 12.7. The van der Waals surface area contributed by atoms with E-state index in [-0.39, 0.29) is 12.3 Å². The first-order valence-electron chi connectivity index (χ1n) is 5.42. The van der Waals surface area contributed by atoms with E-state index in [0.29, 0.717) is 35.8 Å². The Kier molecular flexibility index (Phi) is 3.58. The number of carbonyl (C=O) groups excluding carboxylic acids is 1. The Morgan fingerprint density at radius 3 is 2.88 bits per heavy atom. The SMILES string of the molecule is CNCC(=O)c1cc(CF)cc2c1OCCO2. The summed E-state index contributed by atoms with van der Waals surface area (Å²) in [6, 6.07) is 3.10. The Labute approximate surface area is 98.7 Å². The van der Waals surface area contributed by atoms with Gasteiger partial charge in [-0.25, -0.2) is 4.39 Å². The third-order valence-electron chi connectivity index (χ3n) is 2.49. The van der Waals surface area contributed by atoms with Crippen LogP contribution in [0.2, 0.25) is 0 Å². The number of nitrogens with one attached hydrogen (secondary N) is 1. The van der Waals surface area contributed by atoms with Gasteiger partial charge >= 0.3 is 0 Å². The molecule has 1 aliphatic rings. The van der Waals surface area contributed by atoms with E-state index in [1.807, 2.05) is 0 Å². The first kappa shape index (κ1) is 11.9. The minimum atomic E-state index is -0.628. The van der Waals surface area contributed by atoms with Crippen molar-refractivity contribution in [1.29, 1.82) is 0 Å². The lowest BCUT2D eigenvalue weighted by molar-refractivity contribution is 0.0982. The van der Waals surface area contributed by atoms with Crippen molar-refractivity contribution in [2.75, 3.05) is 26.8 Å². The molecule has 0 saturated carbocycles. The zero-order valence-corrected chi connectivity index (χ0v) is 9.59. The van der Waals surface area contributed by atoms with Crippen LogP contribution in [0.4, 0.5) is 4.39 Å². The van der Waals surface area contributed by atoms with Crippen molar-refractivity contribution in [1.82, 2.24) is 5.32 Å². The van der Waals surface area contributed by atoms with Crippen LogP contribution in [-0.2, 0) is 6.67 Å².